The second kappa shape index (κ2) is 7.08. The number of aromatic carboxylic acids is 1. The Kier molecular flexibility index (Phi) is 4.93. The van der Waals surface area contributed by atoms with Crippen LogP contribution in [0.1, 0.15) is 21.5 Å². The maximum atomic E-state index is 11.7. The first-order valence-electron chi connectivity index (χ1n) is 6.69. The molecule has 0 radical (unpaired) electrons. The predicted octanol–water partition coefficient (Wildman–Crippen LogP) is 3.49. The standard InChI is InChI=1S/C17H16N2O3/c1-12-4-2-5-13(10-12)8-9-18-17(22)19-15-7-3-6-14(11-15)16(20)21/h2-11H,1H3,(H,20,21)(H2,18,19,22)/b9-8+. The third-order valence-electron chi connectivity index (χ3n) is 2.90. The number of urea groups is 1. The Hall–Kier alpha value is -3.08. The van der Waals surface area contributed by atoms with Gasteiger partial charge in [-0.15, -0.1) is 0 Å². The van der Waals surface area contributed by atoms with Crippen LogP contribution in [-0.4, -0.2) is 17.1 Å². The number of anilines is 1. The lowest BCUT2D eigenvalue weighted by Gasteiger charge is -2.05. The van der Waals surface area contributed by atoms with Crippen LogP contribution < -0.4 is 10.6 Å². The van der Waals surface area contributed by atoms with Gasteiger partial charge in [0.25, 0.3) is 0 Å². The molecule has 2 aromatic carbocycles. The van der Waals surface area contributed by atoms with E-state index in [0.29, 0.717) is 5.69 Å². The van der Waals surface area contributed by atoms with Gasteiger partial charge in [-0.05, 0) is 36.8 Å². The molecular formula is C17H16N2O3. The SMILES string of the molecule is Cc1cccc(/C=C/NC(=O)Nc2cccc(C(=O)O)c2)c1. The molecule has 0 aromatic heterocycles. The first-order valence-corrected chi connectivity index (χ1v) is 6.69. The van der Waals surface area contributed by atoms with Crippen molar-refractivity contribution in [3.63, 3.8) is 0 Å². The molecule has 2 aromatic rings. The lowest BCUT2D eigenvalue weighted by Crippen LogP contribution is -2.23. The van der Waals surface area contributed by atoms with Crippen molar-refractivity contribution in [2.24, 2.45) is 0 Å². The highest BCUT2D eigenvalue weighted by molar-refractivity contribution is 5.93. The summed E-state index contributed by atoms with van der Waals surface area (Å²) in [5, 5.41) is 14.0. The fraction of sp³-hybridized carbons (Fsp3) is 0.0588. The molecule has 0 aliphatic rings. The summed E-state index contributed by atoms with van der Waals surface area (Å²) in [4.78, 5) is 22.6. The van der Waals surface area contributed by atoms with Crippen LogP contribution in [0.2, 0.25) is 0 Å². The summed E-state index contributed by atoms with van der Waals surface area (Å²) in [5.74, 6) is -1.04. The van der Waals surface area contributed by atoms with Gasteiger partial charge in [-0.2, -0.15) is 0 Å². The van der Waals surface area contributed by atoms with Crippen molar-refractivity contribution in [3.05, 3.63) is 71.4 Å². The predicted molar refractivity (Wildman–Crippen MR) is 85.8 cm³/mol. The largest absolute Gasteiger partial charge is 0.478 e. The average molecular weight is 296 g/mol. The van der Waals surface area contributed by atoms with Crippen molar-refractivity contribution in [2.45, 2.75) is 6.92 Å². The van der Waals surface area contributed by atoms with Crippen molar-refractivity contribution < 1.29 is 14.7 Å². The number of carboxylic acid groups (broad SMARTS) is 1. The Morgan fingerprint density at radius 2 is 1.86 bits per heavy atom. The quantitative estimate of drug-likeness (QED) is 0.808. The number of carbonyl (C=O) groups excluding carboxylic acids is 1. The van der Waals surface area contributed by atoms with E-state index in [4.69, 9.17) is 5.11 Å². The summed E-state index contributed by atoms with van der Waals surface area (Å²) in [6.45, 7) is 1.99. The van der Waals surface area contributed by atoms with Crippen LogP contribution in [-0.2, 0) is 0 Å². The molecule has 0 unspecified atom stereocenters. The number of nitrogens with one attached hydrogen (secondary N) is 2. The van der Waals surface area contributed by atoms with E-state index in [9.17, 15) is 9.59 Å². The van der Waals surface area contributed by atoms with Gasteiger partial charge in [0.1, 0.15) is 0 Å². The van der Waals surface area contributed by atoms with Gasteiger partial charge in [0.05, 0.1) is 5.56 Å². The molecule has 0 atom stereocenters. The number of hydrogen-bond acceptors (Lipinski definition) is 2. The first-order chi connectivity index (χ1) is 10.5. The number of aryl methyl sites for hydroxylation is 1. The maximum absolute atomic E-state index is 11.7. The molecule has 0 spiro atoms. The Labute approximate surface area is 128 Å². The van der Waals surface area contributed by atoms with Crippen molar-refractivity contribution in [3.8, 4) is 0 Å². The molecule has 5 heteroatoms. The molecule has 0 saturated heterocycles. The highest BCUT2D eigenvalue weighted by Crippen LogP contribution is 2.10. The van der Waals surface area contributed by atoms with Crippen LogP contribution in [0.15, 0.2) is 54.7 Å². The molecule has 0 aliphatic heterocycles. The highest BCUT2D eigenvalue weighted by Gasteiger charge is 2.04. The normalized spacial score (nSPS) is 10.4. The van der Waals surface area contributed by atoms with Crippen molar-refractivity contribution in [1.29, 1.82) is 0 Å². The van der Waals surface area contributed by atoms with Gasteiger partial charge in [0, 0.05) is 11.9 Å². The Bertz CT molecular complexity index is 723. The number of benzene rings is 2. The molecule has 0 heterocycles. The summed E-state index contributed by atoms with van der Waals surface area (Å²) in [5.41, 5.74) is 2.65. The average Bonchev–Trinajstić information content (AvgIpc) is 2.47. The van der Waals surface area contributed by atoms with Crippen molar-refractivity contribution >= 4 is 23.8 Å². The lowest BCUT2D eigenvalue weighted by atomic mass is 10.1. The van der Waals surface area contributed by atoms with Crippen LogP contribution in [0.25, 0.3) is 6.08 Å². The molecule has 5 nitrogen and oxygen atoms in total. The van der Waals surface area contributed by atoms with Crippen molar-refractivity contribution in [2.75, 3.05) is 5.32 Å². The van der Waals surface area contributed by atoms with Crippen LogP contribution in [0, 0.1) is 6.92 Å². The molecule has 112 valence electrons. The van der Waals surface area contributed by atoms with Gasteiger partial charge in [-0.3, -0.25) is 0 Å². The number of amides is 2. The van der Waals surface area contributed by atoms with E-state index >= 15 is 0 Å². The lowest BCUT2D eigenvalue weighted by molar-refractivity contribution is 0.0697. The van der Waals surface area contributed by atoms with E-state index in [2.05, 4.69) is 10.6 Å². The van der Waals surface area contributed by atoms with E-state index in [1.165, 1.54) is 18.3 Å². The molecular weight excluding hydrogens is 280 g/mol. The molecule has 2 rings (SSSR count). The zero-order valence-corrected chi connectivity index (χ0v) is 12.0. The minimum absolute atomic E-state index is 0.119. The van der Waals surface area contributed by atoms with Crippen LogP contribution in [0.4, 0.5) is 10.5 Å². The minimum Gasteiger partial charge on any atom is -0.478 e. The third kappa shape index (κ3) is 4.49. The van der Waals surface area contributed by atoms with Crippen LogP contribution in [0.3, 0.4) is 0 Å². The Morgan fingerprint density at radius 1 is 1.09 bits per heavy atom. The highest BCUT2D eigenvalue weighted by atomic mass is 16.4. The minimum atomic E-state index is -1.04. The van der Waals surface area contributed by atoms with Gasteiger partial charge >= 0.3 is 12.0 Å². The van der Waals surface area contributed by atoms with Gasteiger partial charge in [-0.1, -0.05) is 35.9 Å². The summed E-state index contributed by atoms with van der Waals surface area (Å²) < 4.78 is 0. The van der Waals surface area contributed by atoms with E-state index < -0.39 is 12.0 Å². The van der Waals surface area contributed by atoms with Gasteiger partial charge in [0.2, 0.25) is 0 Å². The monoisotopic (exact) mass is 296 g/mol. The Balaban J connectivity index is 1.93. The summed E-state index contributed by atoms with van der Waals surface area (Å²) in [7, 11) is 0. The molecule has 0 saturated carbocycles. The number of hydrogen-bond donors (Lipinski definition) is 3. The van der Waals surface area contributed by atoms with E-state index in [1.54, 1.807) is 18.2 Å². The summed E-state index contributed by atoms with van der Waals surface area (Å²) in [6.07, 6.45) is 3.31. The molecule has 0 bridgehead atoms. The van der Waals surface area contributed by atoms with Crippen LogP contribution >= 0.6 is 0 Å². The maximum Gasteiger partial charge on any atom is 0.335 e. The molecule has 22 heavy (non-hydrogen) atoms. The second-order valence-corrected chi connectivity index (χ2v) is 4.73. The van der Waals surface area contributed by atoms with E-state index in [1.807, 2.05) is 31.2 Å². The van der Waals surface area contributed by atoms with Crippen molar-refractivity contribution in [1.82, 2.24) is 5.32 Å². The topological polar surface area (TPSA) is 78.4 Å². The summed E-state index contributed by atoms with van der Waals surface area (Å²) >= 11 is 0. The molecule has 0 fully saturated rings. The molecule has 0 aliphatic carbocycles. The van der Waals surface area contributed by atoms with Gasteiger partial charge in [-0.25, -0.2) is 9.59 Å². The summed E-state index contributed by atoms with van der Waals surface area (Å²) in [6, 6.07) is 13.5. The number of carboxylic acids is 1. The van der Waals surface area contributed by atoms with Gasteiger partial charge in [0.15, 0.2) is 0 Å². The Morgan fingerprint density at radius 3 is 2.59 bits per heavy atom. The van der Waals surface area contributed by atoms with Crippen LogP contribution in [0.5, 0.6) is 0 Å². The van der Waals surface area contributed by atoms with E-state index in [-0.39, 0.29) is 5.56 Å². The second-order valence-electron chi connectivity index (χ2n) is 4.73. The molecule has 3 N–H and O–H groups in total. The number of carbonyl (C=O) groups is 2. The zero-order chi connectivity index (χ0) is 15.9. The smallest absolute Gasteiger partial charge is 0.335 e. The fourth-order valence-corrected chi connectivity index (χ4v) is 1.88. The van der Waals surface area contributed by atoms with Gasteiger partial charge < -0.3 is 15.7 Å². The molecule has 2 amide bonds. The zero-order valence-electron chi connectivity index (χ0n) is 12.0. The fourth-order valence-electron chi connectivity index (χ4n) is 1.88. The number of rotatable bonds is 4. The first kappa shape index (κ1) is 15.3. The third-order valence-corrected chi connectivity index (χ3v) is 2.90. The van der Waals surface area contributed by atoms with E-state index in [0.717, 1.165) is 11.1 Å².